The minimum Gasteiger partial charge on any atom is -0.444 e. The van der Waals surface area contributed by atoms with E-state index in [2.05, 4.69) is 34.1 Å². The number of anilines is 2. The van der Waals surface area contributed by atoms with Crippen LogP contribution in [0.5, 0.6) is 0 Å². The smallest absolute Gasteiger partial charge is 0.213 e. The molecule has 3 N–H and O–H groups in total. The second-order valence-corrected chi connectivity index (χ2v) is 4.60. The number of aryl methyl sites for hydroxylation is 1. The molecule has 0 fully saturated rings. The topological polar surface area (TPSA) is 89.9 Å². The number of rotatable bonds is 5. The van der Waals surface area contributed by atoms with Crippen molar-refractivity contribution >= 4 is 11.6 Å². The highest BCUT2D eigenvalue weighted by Gasteiger charge is 2.13. The van der Waals surface area contributed by atoms with Crippen LogP contribution in [0.4, 0.5) is 11.6 Å². The molecule has 0 aromatic carbocycles. The molecule has 0 aliphatic carbocycles. The van der Waals surface area contributed by atoms with Crippen molar-refractivity contribution in [1.29, 1.82) is 0 Å². The van der Waals surface area contributed by atoms with Gasteiger partial charge < -0.3 is 15.5 Å². The molecule has 0 bridgehead atoms. The third-order valence-corrected chi connectivity index (χ3v) is 2.85. The van der Waals surface area contributed by atoms with Gasteiger partial charge in [0, 0.05) is 12.0 Å². The normalized spacial score (nSPS) is 10.9. The van der Waals surface area contributed by atoms with E-state index in [0.29, 0.717) is 18.3 Å². The molecule has 0 atom stereocenters. The van der Waals surface area contributed by atoms with Crippen molar-refractivity contribution in [2.75, 3.05) is 11.1 Å². The van der Waals surface area contributed by atoms with E-state index < -0.39 is 0 Å². The summed E-state index contributed by atoms with van der Waals surface area (Å²) in [5.74, 6) is 3.01. The average Bonchev–Trinajstić information content (AvgIpc) is 2.83. The number of oxazole rings is 1. The van der Waals surface area contributed by atoms with Crippen LogP contribution in [-0.2, 0) is 13.0 Å². The highest BCUT2D eigenvalue weighted by atomic mass is 16.4. The maximum atomic E-state index is 5.89. The highest BCUT2D eigenvalue weighted by Crippen LogP contribution is 2.26. The van der Waals surface area contributed by atoms with E-state index >= 15 is 0 Å². The molecule has 2 rings (SSSR count). The summed E-state index contributed by atoms with van der Waals surface area (Å²) in [7, 11) is 0. The van der Waals surface area contributed by atoms with E-state index in [4.69, 9.17) is 10.2 Å². The molecule has 0 amide bonds. The molecule has 6 heteroatoms. The van der Waals surface area contributed by atoms with Crippen LogP contribution in [0, 0.1) is 0 Å². The van der Waals surface area contributed by atoms with E-state index in [-0.39, 0.29) is 5.92 Å². The molecular formula is C13H19N5O. The fourth-order valence-corrected chi connectivity index (χ4v) is 1.87. The van der Waals surface area contributed by atoms with E-state index in [1.54, 1.807) is 6.20 Å². The average molecular weight is 261 g/mol. The lowest BCUT2D eigenvalue weighted by molar-refractivity contribution is 0.465. The summed E-state index contributed by atoms with van der Waals surface area (Å²) in [6.45, 7) is 6.62. The second kappa shape index (κ2) is 5.69. The Morgan fingerprint density at radius 3 is 2.74 bits per heavy atom. The van der Waals surface area contributed by atoms with Gasteiger partial charge in [-0.05, 0) is 5.92 Å². The van der Waals surface area contributed by atoms with Gasteiger partial charge in [-0.25, -0.2) is 15.0 Å². The second-order valence-electron chi connectivity index (χ2n) is 4.60. The minimum atomic E-state index is 0.250. The molecule has 2 aromatic heterocycles. The van der Waals surface area contributed by atoms with Gasteiger partial charge in [0.1, 0.15) is 23.7 Å². The molecule has 19 heavy (non-hydrogen) atoms. The zero-order chi connectivity index (χ0) is 13.8. The van der Waals surface area contributed by atoms with Gasteiger partial charge in [-0.2, -0.15) is 0 Å². The predicted molar refractivity (Wildman–Crippen MR) is 73.7 cm³/mol. The van der Waals surface area contributed by atoms with E-state index in [1.807, 2.05) is 6.92 Å². The maximum absolute atomic E-state index is 5.89. The number of nitrogens with one attached hydrogen (secondary N) is 1. The Morgan fingerprint density at radius 2 is 2.11 bits per heavy atom. The third kappa shape index (κ3) is 3.01. The van der Waals surface area contributed by atoms with E-state index in [9.17, 15) is 0 Å². The molecule has 0 saturated heterocycles. The largest absolute Gasteiger partial charge is 0.444 e. The van der Waals surface area contributed by atoms with Crippen molar-refractivity contribution in [3.05, 3.63) is 29.7 Å². The first-order valence-electron chi connectivity index (χ1n) is 6.39. The molecule has 0 saturated carbocycles. The lowest BCUT2D eigenvalue weighted by Gasteiger charge is -2.13. The highest BCUT2D eigenvalue weighted by molar-refractivity contribution is 5.56. The molecule has 102 valence electrons. The standard InChI is InChI=1S/C13H19N5O/c1-4-9-5-15-10(19-9)6-16-13-11(8(2)3)12(14)17-7-18-13/h5,7-8H,4,6H2,1-3H3,(H3,14,16,17,18). The number of nitrogens with two attached hydrogens (primary N) is 1. The Bertz CT molecular complexity index is 550. The molecule has 0 spiro atoms. The van der Waals surface area contributed by atoms with Crippen LogP contribution in [0.3, 0.4) is 0 Å². The summed E-state index contributed by atoms with van der Waals surface area (Å²) in [5.41, 5.74) is 6.81. The molecule has 0 unspecified atom stereocenters. The first-order chi connectivity index (χ1) is 9.11. The quantitative estimate of drug-likeness (QED) is 0.858. The molecule has 2 aromatic rings. The van der Waals surface area contributed by atoms with Crippen molar-refractivity contribution in [1.82, 2.24) is 15.0 Å². The van der Waals surface area contributed by atoms with Gasteiger partial charge in [0.05, 0.1) is 12.7 Å². The SMILES string of the molecule is CCc1cnc(CNc2ncnc(N)c2C(C)C)o1. The number of aromatic nitrogens is 3. The van der Waals surface area contributed by atoms with Crippen LogP contribution in [0.1, 0.15) is 43.9 Å². The Hall–Kier alpha value is -2.11. The van der Waals surface area contributed by atoms with Crippen LogP contribution in [0.25, 0.3) is 0 Å². The van der Waals surface area contributed by atoms with Gasteiger partial charge in [-0.3, -0.25) is 0 Å². The first kappa shape index (κ1) is 13.3. The number of hydrogen-bond donors (Lipinski definition) is 2. The molecule has 0 radical (unpaired) electrons. The molecule has 0 aliphatic heterocycles. The van der Waals surface area contributed by atoms with Crippen molar-refractivity contribution in [3.63, 3.8) is 0 Å². The van der Waals surface area contributed by atoms with Crippen LogP contribution >= 0.6 is 0 Å². The summed E-state index contributed by atoms with van der Waals surface area (Å²) in [4.78, 5) is 12.4. The van der Waals surface area contributed by atoms with Crippen molar-refractivity contribution in [2.45, 2.75) is 39.7 Å². The van der Waals surface area contributed by atoms with Gasteiger partial charge >= 0.3 is 0 Å². The van der Waals surface area contributed by atoms with Crippen LogP contribution < -0.4 is 11.1 Å². The monoisotopic (exact) mass is 261 g/mol. The molecule has 2 heterocycles. The number of hydrogen-bond acceptors (Lipinski definition) is 6. The first-order valence-corrected chi connectivity index (χ1v) is 6.39. The lowest BCUT2D eigenvalue weighted by Crippen LogP contribution is -2.09. The van der Waals surface area contributed by atoms with E-state index in [0.717, 1.165) is 23.6 Å². The summed E-state index contributed by atoms with van der Waals surface area (Å²) in [5, 5.41) is 3.20. The van der Waals surface area contributed by atoms with Crippen molar-refractivity contribution in [2.24, 2.45) is 0 Å². The summed E-state index contributed by atoms with van der Waals surface area (Å²) < 4.78 is 5.54. The Labute approximate surface area is 112 Å². The van der Waals surface area contributed by atoms with Crippen LogP contribution in [0.2, 0.25) is 0 Å². The summed E-state index contributed by atoms with van der Waals surface area (Å²) in [6.07, 6.45) is 4.04. The molecule has 0 aliphatic rings. The van der Waals surface area contributed by atoms with Gasteiger partial charge in [0.25, 0.3) is 0 Å². The van der Waals surface area contributed by atoms with Crippen LogP contribution in [0.15, 0.2) is 16.9 Å². The maximum Gasteiger partial charge on any atom is 0.213 e. The summed E-state index contributed by atoms with van der Waals surface area (Å²) in [6, 6.07) is 0. The zero-order valence-corrected chi connectivity index (χ0v) is 11.5. The Kier molecular flexibility index (Phi) is 3.99. The Morgan fingerprint density at radius 1 is 1.32 bits per heavy atom. The van der Waals surface area contributed by atoms with Crippen molar-refractivity contribution in [3.8, 4) is 0 Å². The lowest BCUT2D eigenvalue weighted by atomic mass is 10.0. The van der Waals surface area contributed by atoms with Gasteiger partial charge in [-0.15, -0.1) is 0 Å². The van der Waals surface area contributed by atoms with Gasteiger partial charge in [0.2, 0.25) is 5.89 Å². The molecular weight excluding hydrogens is 242 g/mol. The zero-order valence-electron chi connectivity index (χ0n) is 11.5. The van der Waals surface area contributed by atoms with Gasteiger partial charge in [0.15, 0.2) is 0 Å². The minimum absolute atomic E-state index is 0.250. The van der Waals surface area contributed by atoms with E-state index in [1.165, 1.54) is 6.33 Å². The Balaban J connectivity index is 2.13. The van der Waals surface area contributed by atoms with Crippen molar-refractivity contribution < 1.29 is 4.42 Å². The number of nitrogens with zero attached hydrogens (tertiary/aromatic N) is 3. The summed E-state index contributed by atoms with van der Waals surface area (Å²) >= 11 is 0. The van der Waals surface area contributed by atoms with Gasteiger partial charge in [-0.1, -0.05) is 20.8 Å². The molecule has 6 nitrogen and oxygen atoms in total. The fourth-order valence-electron chi connectivity index (χ4n) is 1.87. The fraction of sp³-hybridized carbons (Fsp3) is 0.462. The third-order valence-electron chi connectivity index (χ3n) is 2.85. The predicted octanol–water partition coefficient (Wildman–Crippen LogP) is 2.34. The number of nitrogen functional groups attached to an aromatic ring is 1. The van der Waals surface area contributed by atoms with Crippen LogP contribution in [-0.4, -0.2) is 15.0 Å².